The predicted octanol–water partition coefficient (Wildman–Crippen LogP) is 4.89. The monoisotopic (exact) mass is 366 g/mol. The second-order valence-corrected chi connectivity index (χ2v) is 7.38. The lowest BCUT2D eigenvalue weighted by atomic mass is 10.0. The molecule has 4 aromatic rings. The van der Waals surface area contributed by atoms with Gasteiger partial charge in [-0.15, -0.1) is 0 Å². The van der Waals surface area contributed by atoms with Crippen LogP contribution in [0.4, 0.5) is 0 Å². The molecule has 1 aliphatic heterocycles. The van der Waals surface area contributed by atoms with Crippen LogP contribution in [0.25, 0.3) is 10.9 Å². The van der Waals surface area contributed by atoms with Crippen LogP contribution in [0, 0.1) is 0 Å². The van der Waals surface area contributed by atoms with Crippen molar-refractivity contribution in [2.24, 2.45) is 0 Å². The first kappa shape index (κ1) is 16.8. The van der Waals surface area contributed by atoms with Gasteiger partial charge < -0.3 is 9.47 Å². The number of hydrogen-bond donors (Lipinski definition) is 0. The summed E-state index contributed by atoms with van der Waals surface area (Å²) in [5, 5.41) is 1.21. The number of benzene rings is 3. The maximum absolute atomic E-state index is 13.5. The van der Waals surface area contributed by atoms with E-state index in [-0.39, 0.29) is 5.91 Å². The van der Waals surface area contributed by atoms with Crippen molar-refractivity contribution in [1.29, 1.82) is 0 Å². The Balaban J connectivity index is 1.58. The number of nitrogens with zero attached hydrogens (tertiary/aromatic N) is 2. The Morgan fingerprint density at radius 1 is 0.714 bits per heavy atom. The van der Waals surface area contributed by atoms with E-state index in [9.17, 15) is 4.79 Å². The smallest absolute Gasteiger partial charge is 0.271 e. The SMILES string of the molecule is O=C1c2c(c3ccccc3n2Cc2ccccc2)CCN1Cc1ccccc1. The molecule has 0 atom stereocenters. The highest BCUT2D eigenvalue weighted by atomic mass is 16.2. The molecule has 0 radical (unpaired) electrons. The summed E-state index contributed by atoms with van der Waals surface area (Å²) in [4.78, 5) is 15.5. The van der Waals surface area contributed by atoms with Crippen LogP contribution in [0.1, 0.15) is 27.2 Å². The molecule has 1 aromatic heterocycles. The fraction of sp³-hybridized carbons (Fsp3) is 0.160. The molecule has 0 spiro atoms. The van der Waals surface area contributed by atoms with Crippen molar-refractivity contribution in [1.82, 2.24) is 9.47 Å². The van der Waals surface area contributed by atoms with E-state index in [0.29, 0.717) is 13.1 Å². The Labute approximate surface area is 164 Å². The Bertz CT molecular complexity index is 1130. The largest absolute Gasteiger partial charge is 0.333 e. The topological polar surface area (TPSA) is 25.2 Å². The molecule has 0 saturated heterocycles. The molecule has 1 amide bonds. The van der Waals surface area contributed by atoms with Crippen molar-refractivity contribution in [2.75, 3.05) is 6.54 Å². The van der Waals surface area contributed by atoms with E-state index in [2.05, 4.69) is 65.2 Å². The van der Waals surface area contributed by atoms with Crippen molar-refractivity contribution in [2.45, 2.75) is 19.5 Å². The first-order valence-electron chi connectivity index (χ1n) is 9.78. The molecule has 2 heterocycles. The quantitative estimate of drug-likeness (QED) is 0.505. The average Bonchev–Trinajstić information content (AvgIpc) is 3.06. The third-order valence-corrected chi connectivity index (χ3v) is 5.60. The highest BCUT2D eigenvalue weighted by Crippen LogP contribution is 2.32. The number of carbonyl (C=O) groups excluding carboxylic acids is 1. The van der Waals surface area contributed by atoms with Crippen molar-refractivity contribution in [3.63, 3.8) is 0 Å². The molecule has 0 bridgehead atoms. The molecule has 3 heteroatoms. The summed E-state index contributed by atoms with van der Waals surface area (Å²) >= 11 is 0. The zero-order chi connectivity index (χ0) is 18.9. The number of para-hydroxylation sites is 1. The second-order valence-electron chi connectivity index (χ2n) is 7.38. The van der Waals surface area contributed by atoms with Gasteiger partial charge in [0.2, 0.25) is 0 Å². The number of amides is 1. The predicted molar refractivity (Wildman–Crippen MR) is 112 cm³/mol. The molecule has 5 rings (SSSR count). The highest BCUT2D eigenvalue weighted by Gasteiger charge is 2.30. The lowest BCUT2D eigenvalue weighted by Crippen LogP contribution is -2.38. The van der Waals surface area contributed by atoms with Crippen LogP contribution in [0.2, 0.25) is 0 Å². The number of carbonyl (C=O) groups is 1. The van der Waals surface area contributed by atoms with Gasteiger partial charge in [-0.2, -0.15) is 0 Å². The minimum atomic E-state index is 0.136. The molecule has 0 N–H and O–H groups in total. The normalized spacial score (nSPS) is 13.7. The van der Waals surface area contributed by atoms with Gasteiger partial charge in [0.1, 0.15) is 5.69 Å². The Morgan fingerprint density at radius 2 is 1.32 bits per heavy atom. The fourth-order valence-electron chi connectivity index (χ4n) is 4.26. The van der Waals surface area contributed by atoms with Crippen molar-refractivity contribution in [3.05, 3.63) is 107 Å². The van der Waals surface area contributed by atoms with E-state index < -0.39 is 0 Å². The summed E-state index contributed by atoms with van der Waals surface area (Å²) in [5.74, 6) is 0.136. The lowest BCUT2D eigenvalue weighted by Gasteiger charge is -2.28. The van der Waals surface area contributed by atoms with Gasteiger partial charge in [0.05, 0.1) is 0 Å². The van der Waals surface area contributed by atoms with Gasteiger partial charge >= 0.3 is 0 Å². The zero-order valence-electron chi connectivity index (χ0n) is 15.7. The first-order chi connectivity index (χ1) is 13.8. The third kappa shape index (κ3) is 2.89. The Hall–Kier alpha value is -3.33. The van der Waals surface area contributed by atoms with Crippen LogP contribution in [0.5, 0.6) is 0 Å². The van der Waals surface area contributed by atoms with Gasteiger partial charge in [-0.3, -0.25) is 4.79 Å². The molecule has 0 fully saturated rings. The standard InChI is InChI=1S/C25H22N2O/c28-25-24-22(15-16-26(25)17-19-9-3-1-4-10-19)21-13-7-8-14-23(21)27(24)18-20-11-5-2-6-12-20/h1-14H,15-18H2. The van der Waals surface area contributed by atoms with Crippen molar-refractivity contribution < 1.29 is 4.79 Å². The van der Waals surface area contributed by atoms with Crippen LogP contribution < -0.4 is 0 Å². The molecule has 138 valence electrons. The number of aromatic nitrogens is 1. The lowest BCUT2D eigenvalue weighted by molar-refractivity contribution is 0.0716. The number of hydrogen-bond acceptors (Lipinski definition) is 1. The highest BCUT2D eigenvalue weighted by molar-refractivity contribution is 6.03. The van der Waals surface area contributed by atoms with Crippen LogP contribution in [-0.4, -0.2) is 21.9 Å². The van der Waals surface area contributed by atoms with Gasteiger partial charge in [0.25, 0.3) is 5.91 Å². The molecule has 1 aliphatic rings. The summed E-state index contributed by atoms with van der Waals surface area (Å²) in [6.45, 7) is 2.13. The number of fused-ring (bicyclic) bond motifs is 3. The second kappa shape index (κ2) is 7.01. The molecular formula is C25H22N2O. The maximum Gasteiger partial charge on any atom is 0.271 e. The van der Waals surface area contributed by atoms with Gasteiger partial charge in [-0.05, 0) is 29.2 Å². The Morgan fingerprint density at radius 3 is 2.04 bits per heavy atom. The van der Waals surface area contributed by atoms with Gasteiger partial charge in [-0.1, -0.05) is 78.9 Å². The summed E-state index contributed by atoms with van der Waals surface area (Å²) in [5.41, 5.74) is 5.57. The fourth-order valence-corrected chi connectivity index (χ4v) is 4.26. The van der Waals surface area contributed by atoms with Crippen molar-refractivity contribution >= 4 is 16.8 Å². The minimum Gasteiger partial charge on any atom is -0.333 e. The maximum atomic E-state index is 13.5. The van der Waals surface area contributed by atoms with Crippen molar-refractivity contribution in [3.8, 4) is 0 Å². The molecule has 0 saturated carbocycles. The van der Waals surface area contributed by atoms with Crippen LogP contribution >= 0.6 is 0 Å². The van der Waals surface area contributed by atoms with Crippen LogP contribution in [0.15, 0.2) is 84.9 Å². The summed E-state index contributed by atoms with van der Waals surface area (Å²) in [7, 11) is 0. The van der Waals surface area contributed by atoms with E-state index >= 15 is 0 Å². The van der Waals surface area contributed by atoms with E-state index in [1.54, 1.807) is 0 Å². The van der Waals surface area contributed by atoms with E-state index in [1.807, 2.05) is 29.2 Å². The molecular weight excluding hydrogens is 344 g/mol. The molecule has 3 nitrogen and oxygen atoms in total. The molecule has 3 aromatic carbocycles. The van der Waals surface area contributed by atoms with E-state index in [4.69, 9.17) is 0 Å². The van der Waals surface area contributed by atoms with Gasteiger partial charge in [0, 0.05) is 30.5 Å². The van der Waals surface area contributed by atoms with Gasteiger partial charge in [0.15, 0.2) is 0 Å². The Kier molecular flexibility index (Phi) is 4.21. The van der Waals surface area contributed by atoms with Crippen LogP contribution in [0.3, 0.4) is 0 Å². The summed E-state index contributed by atoms with van der Waals surface area (Å²) in [6.07, 6.45) is 0.899. The third-order valence-electron chi connectivity index (χ3n) is 5.60. The van der Waals surface area contributed by atoms with Gasteiger partial charge in [-0.25, -0.2) is 0 Å². The molecule has 28 heavy (non-hydrogen) atoms. The summed E-state index contributed by atoms with van der Waals surface area (Å²) in [6, 6.07) is 29.0. The minimum absolute atomic E-state index is 0.136. The first-order valence-corrected chi connectivity index (χ1v) is 9.78. The van der Waals surface area contributed by atoms with Crippen LogP contribution in [-0.2, 0) is 19.5 Å². The van der Waals surface area contributed by atoms with E-state index in [0.717, 1.165) is 24.2 Å². The average molecular weight is 366 g/mol. The summed E-state index contributed by atoms with van der Waals surface area (Å²) < 4.78 is 2.21. The molecule has 0 aliphatic carbocycles. The molecule has 0 unspecified atom stereocenters. The van der Waals surface area contributed by atoms with E-state index in [1.165, 1.54) is 22.1 Å². The number of rotatable bonds is 4. The zero-order valence-corrected chi connectivity index (χ0v) is 15.7.